The number of fused-ring (bicyclic) bond motifs is 2. The maximum absolute atomic E-state index is 13.9. The minimum Gasteiger partial charge on any atom is -0.508 e. The summed E-state index contributed by atoms with van der Waals surface area (Å²) in [6.45, 7) is 0. The van der Waals surface area contributed by atoms with Gasteiger partial charge in [-0.15, -0.1) is 0 Å². The van der Waals surface area contributed by atoms with Gasteiger partial charge in [-0.1, -0.05) is 18.2 Å². The Balaban J connectivity index is 1.30. The molecular formula is C44H34O19. The highest BCUT2D eigenvalue weighted by Crippen LogP contribution is 2.57. The van der Waals surface area contributed by atoms with Gasteiger partial charge in [-0.25, -0.2) is 9.59 Å². The van der Waals surface area contributed by atoms with Crippen LogP contribution < -0.4 is 9.47 Å². The number of aromatic hydroxyl groups is 13. The fourth-order valence-electron chi connectivity index (χ4n) is 7.68. The number of carbonyl (C=O) groups excluding carboxylic acids is 2. The second kappa shape index (κ2) is 15.4. The number of hydrogen-bond acceptors (Lipinski definition) is 19. The molecule has 0 aliphatic carbocycles. The molecule has 5 atom stereocenters. The molecule has 6 aromatic rings. The van der Waals surface area contributed by atoms with Gasteiger partial charge in [0.25, 0.3) is 0 Å². The Bertz CT molecular complexity index is 2790. The van der Waals surface area contributed by atoms with E-state index in [4.69, 9.17) is 18.9 Å². The van der Waals surface area contributed by atoms with Crippen molar-refractivity contribution in [2.24, 2.45) is 0 Å². The first-order valence-electron chi connectivity index (χ1n) is 18.6. The van der Waals surface area contributed by atoms with Crippen molar-refractivity contribution in [3.05, 3.63) is 124 Å². The number of rotatable bonds is 7. The predicted octanol–water partition coefficient (Wildman–Crippen LogP) is 5.25. The van der Waals surface area contributed by atoms with Gasteiger partial charge in [-0.2, -0.15) is 0 Å². The van der Waals surface area contributed by atoms with E-state index in [0.717, 1.165) is 54.6 Å². The smallest absolute Gasteiger partial charge is 0.338 e. The summed E-state index contributed by atoms with van der Waals surface area (Å²) in [5, 5.41) is 137. The Labute approximate surface area is 353 Å². The van der Waals surface area contributed by atoms with Crippen molar-refractivity contribution in [2.75, 3.05) is 0 Å². The third-order valence-corrected chi connectivity index (χ3v) is 10.6. The molecule has 0 saturated heterocycles. The standard InChI is InChI=1S/C44H34O19/c45-20-4-1-16(2-5-20)41-42(63-44(59)19-10-29(53)39(57)30(54)11-19)36(34-25(49)12-21(46)13-32(34)61-41)35-26(50)15-31-22(37(35)55)14-33(40(60-31)17-3-6-23(47)24(48)7-17)62-43(58)18-8-27(51)38(56)28(52)9-18/h1-13,15,33,36,40-42,45-57H,14H2. The number of phenolic OH excluding ortho intramolecular Hbond substituents is 13. The topological polar surface area (TPSA) is 334 Å². The Morgan fingerprint density at radius 2 is 1.00 bits per heavy atom. The summed E-state index contributed by atoms with van der Waals surface area (Å²) < 4.78 is 24.2. The van der Waals surface area contributed by atoms with E-state index in [2.05, 4.69) is 0 Å². The van der Waals surface area contributed by atoms with Gasteiger partial charge in [0.15, 0.2) is 64.3 Å². The summed E-state index contributed by atoms with van der Waals surface area (Å²) in [4.78, 5) is 27.5. The Kier molecular flexibility index (Phi) is 10.0. The fraction of sp³-hybridized carbons (Fsp3) is 0.136. The van der Waals surface area contributed by atoms with Crippen molar-refractivity contribution in [2.45, 2.75) is 36.8 Å². The lowest BCUT2D eigenvalue weighted by molar-refractivity contribution is -0.0276. The molecule has 0 bridgehead atoms. The Morgan fingerprint density at radius 3 is 1.59 bits per heavy atom. The maximum Gasteiger partial charge on any atom is 0.338 e. The molecule has 324 valence electrons. The van der Waals surface area contributed by atoms with Crippen molar-refractivity contribution in [1.82, 2.24) is 0 Å². The van der Waals surface area contributed by atoms with E-state index in [1.807, 2.05) is 0 Å². The zero-order valence-corrected chi connectivity index (χ0v) is 31.9. The van der Waals surface area contributed by atoms with Gasteiger partial charge in [-0.05, 0) is 54.1 Å². The second-order valence-corrected chi connectivity index (χ2v) is 14.6. The first kappa shape index (κ1) is 41.0. The van der Waals surface area contributed by atoms with E-state index < -0.39 is 134 Å². The summed E-state index contributed by atoms with van der Waals surface area (Å²) in [6, 6.07) is 15.1. The molecule has 5 unspecified atom stereocenters. The predicted molar refractivity (Wildman–Crippen MR) is 211 cm³/mol. The van der Waals surface area contributed by atoms with Crippen LogP contribution in [-0.4, -0.2) is 90.5 Å². The first-order valence-corrected chi connectivity index (χ1v) is 18.6. The molecule has 0 spiro atoms. The average Bonchev–Trinajstić information content (AvgIpc) is 3.23. The van der Waals surface area contributed by atoms with Crippen molar-refractivity contribution < 1.29 is 94.9 Å². The lowest BCUT2D eigenvalue weighted by atomic mass is 9.77. The van der Waals surface area contributed by atoms with Crippen molar-refractivity contribution in [3.63, 3.8) is 0 Å². The van der Waals surface area contributed by atoms with Crippen LogP contribution in [0.1, 0.15) is 66.7 Å². The van der Waals surface area contributed by atoms with E-state index in [1.54, 1.807) is 0 Å². The number of ether oxygens (including phenoxy) is 4. The van der Waals surface area contributed by atoms with E-state index in [1.165, 1.54) is 30.3 Å². The minimum atomic E-state index is -1.74. The largest absolute Gasteiger partial charge is 0.508 e. The molecule has 0 aromatic heterocycles. The van der Waals surface area contributed by atoms with E-state index in [0.29, 0.717) is 0 Å². The normalized spacial score (nSPS) is 18.8. The van der Waals surface area contributed by atoms with Gasteiger partial charge in [-0.3, -0.25) is 0 Å². The van der Waals surface area contributed by atoms with Crippen LogP contribution in [0, 0.1) is 0 Å². The van der Waals surface area contributed by atoms with Crippen LogP contribution in [-0.2, 0) is 15.9 Å². The van der Waals surface area contributed by atoms with E-state index in [9.17, 15) is 76.0 Å². The molecule has 2 aliphatic rings. The molecule has 8 rings (SSSR count). The van der Waals surface area contributed by atoms with Crippen LogP contribution in [0.5, 0.6) is 86.2 Å². The van der Waals surface area contributed by atoms with E-state index >= 15 is 0 Å². The van der Waals surface area contributed by atoms with Crippen LogP contribution in [0.4, 0.5) is 0 Å². The molecule has 63 heavy (non-hydrogen) atoms. The maximum atomic E-state index is 13.9. The summed E-state index contributed by atoms with van der Waals surface area (Å²) in [5.41, 5.74) is -1.45. The van der Waals surface area contributed by atoms with Gasteiger partial charge in [0.2, 0.25) is 0 Å². The second-order valence-electron chi connectivity index (χ2n) is 14.6. The lowest BCUT2D eigenvalue weighted by Gasteiger charge is -2.41. The molecule has 2 aliphatic heterocycles. The van der Waals surface area contributed by atoms with Crippen LogP contribution in [0.2, 0.25) is 0 Å². The van der Waals surface area contributed by atoms with Crippen molar-refractivity contribution in [3.8, 4) is 86.2 Å². The van der Waals surface area contributed by atoms with Gasteiger partial charge >= 0.3 is 11.9 Å². The monoisotopic (exact) mass is 866 g/mol. The van der Waals surface area contributed by atoms with Gasteiger partial charge in [0.1, 0.15) is 46.4 Å². The first-order chi connectivity index (χ1) is 29.9. The summed E-state index contributed by atoms with van der Waals surface area (Å²) in [5.74, 6) is -13.8. The SMILES string of the molecule is O=C(OC1Cc2c(cc(O)c(C3c4c(O)cc(O)cc4OC(c4ccc(O)cc4)C3OC(=O)c3cc(O)c(O)c(O)c3)c2O)OC1c1ccc(O)c(O)c1)c1cc(O)c(O)c(O)c1. The van der Waals surface area contributed by atoms with Crippen LogP contribution >= 0.6 is 0 Å². The van der Waals surface area contributed by atoms with Gasteiger partial charge in [0, 0.05) is 46.9 Å². The number of hydrogen-bond donors (Lipinski definition) is 13. The van der Waals surface area contributed by atoms with Crippen LogP contribution in [0.3, 0.4) is 0 Å². The Morgan fingerprint density at radius 1 is 0.460 bits per heavy atom. The quantitative estimate of drug-likeness (QED) is 0.0719. The summed E-state index contributed by atoms with van der Waals surface area (Å²) in [6.07, 6.45) is -6.46. The molecule has 2 heterocycles. The number of phenols is 13. The summed E-state index contributed by atoms with van der Waals surface area (Å²) in [7, 11) is 0. The minimum absolute atomic E-state index is 0.117. The van der Waals surface area contributed by atoms with Crippen LogP contribution in [0.25, 0.3) is 0 Å². The molecule has 6 aromatic carbocycles. The molecule has 0 fully saturated rings. The highest BCUT2D eigenvalue weighted by molar-refractivity contribution is 5.92. The van der Waals surface area contributed by atoms with Crippen molar-refractivity contribution >= 4 is 11.9 Å². The molecule has 0 saturated carbocycles. The average molecular weight is 867 g/mol. The highest BCUT2D eigenvalue weighted by atomic mass is 16.6. The van der Waals surface area contributed by atoms with Gasteiger partial charge < -0.3 is 85.3 Å². The molecule has 13 N–H and O–H groups in total. The zero-order chi connectivity index (χ0) is 45.2. The molecule has 0 amide bonds. The summed E-state index contributed by atoms with van der Waals surface area (Å²) >= 11 is 0. The third-order valence-electron chi connectivity index (χ3n) is 10.6. The Hall–Kier alpha value is -8.74. The third kappa shape index (κ3) is 7.32. The number of esters is 2. The molecular weight excluding hydrogens is 832 g/mol. The van der Waals surface area contributed by atoms with Gasteiger partial charge in [0.05, 0.1) is 17.0 Å². The number of carbonyl (C=O) groups is 2. The molecule has 19 heteroatoms. The zero-order valence-electron chi connectivity index (χ0n) is 31.9. The number of benzene rings is 6. The molecule has 0 radical (unpaired) electrons. The lowest BCUT2D eigenvalue weighted by Crippen LogP contribution is -2.39. The molecule has 19 nitrogen and oxygen atoms in total. The van der Waals surface area contributed by atoms with Crippen LogP contribution in [0.15, 0.2) is 84.9 Å². The van der Waals surface area contributed by atoms with Crippen molar-refractivity contribution in [1.29, 1.82) is 0 Å². The highest BCUT2D eigenvalue weighted by Gasteiger charge is 2.48. The fourth-order valence-corrected chi connectivity index (χ4v) is 7.68. The van der Waals surface area contributed by atoms with E-state index in [-0.39, 0.29) is 39.5 Å².